The Kier molecular flexibility index (Phi) is 7.28. The van der Waals surface area contributed by atoms with Crippen molar-refractivity contribution in [3.05, 3.63) is 52.5 Å². The Bertz CT molecular complexity index is 704. The number of likely N-dealkylation sites (N-methyl/N-ethyl adjacent to an activating group) is 1. The predicted molar refractivity (Wildman–Crippen MR) is 103 cm³/mol. The van der Waals surface area contributed by atoms with E-state index in [1.54, 1.807) is 7.11 Å². The number of amides is 1. The fourth-order valence-corrected chi connectivity index (χ4v) is 2.87. The number of benzene rings is 2. The molecule has 0 heterocycles. The molecule has 0 saturated heterocycles. The molecule has 0 spiro atoms. The Morgan fingerprint density at radius 2 is 1.92 bits per heavy atom. The molecule has 0 radical (unpaired) electrons. The second-order valence-electron chi connectivity index (χ2n) is 5.63. The fourth-order valence-electron chi connectivity index (χ4n) is 2.46. The average Bonchev–Trinajstić information content (AvgIpc) is 2.57. The molecule has 2 aromatic carbocycles. The van der Waals surface area contributed by atoms with E-state index in [-0.39, 0.29) is 12.5 Å². The van der Waals surface area contributed by atoms with Crippen LogP contribution in [0.2, 0.25) is 0 Å². The lowest BCUT2D eigenvalue weighted by Crippen LogP contribution is -2.30. The minimum atomic E-state index is -0.0689. The van der Waals surface area contributed by atoms with Crippen molar-refractivity contribution in [2.75, 3.05) is 32.6 Å². The number of hydrogen-bond donors (Lipinski definition) is 1. The van der Waals surface area contributed by atoms with E-state index in [0.29, 0.717) is 13.2 Å². The molecular weight excluding hydrogens is 384 g/mol. The zero-order valence-corrected chi connectivity index (χ0v) is 16.3. The summed E-state index contributed by atoms with van der Waals surface area (Å²) in [7, 11) is 3.55. The van der Waals surface area contributed by atoms with Gasteiger partial charge in [0.25, 0.3) is 0 Å². The van der Waals surface area contributed by atoms with Crippen LogP contribution in [0.15, 0.2) is 46.9 Å². The van der Waals surface area contributed by atoms with Gasteiger partial charge in [0.05, 0.1) is 20.3 Å². The molecule has 0 aromatic heterocycles. The number of hydrogen-bond acceptors (Lipinski definition) is 4. The van der Waals surface area contributed by atoms with Crippen molar-refractivity contribution in [3.63, 3.8) is 0 Å². The molecule has 2 aromatic rings. The molecule has 1 amide bonds. The van der Waals surface area contributed by atoms with Gasteiger partial charge in [-0.05, 0) is 56.4 Å². The monoisotopic (exact) mass is 406 g/mol. The van der Waals surface area contributed by atoms with Gasteiger partial charge in [-0.1, -0.05) is 15.9 Å². The third-order valence-electron chi connectivity index (χ3n) is 3.55. The van der Waals surface area contributed by atoms with Crippen molar-refractivity contribution in [2.24, 2.45) is 0 Å². The molecule has 0 aliphatic heterocycles. The molecular formula is C19H23BrN2O3. The van der Waals surface area contributed by atoms with Gasteiger partial charge in [0.1, 0.15) is 11.5 Å². The molecule has 2 rings (SSSR count). The molecule has 0 unspecified atom stereocenters. The van der Waals surface area contributed by atoms with Gasteiger partial charge in [-0.25, -0.2) is 0 Å². The highest BCUT2D eigenvalue weighted by molar-refractivity contribution is 9.10. The number of nitrogens with one attached hydrogen (secondary N) is 1. The highest BCUT2D eigenvalue weighted by atomic mass is 79.9. The van der Waals surface area contributed by atoms with E-state index in [2.05, 4.69) is 21.2 Å². The minimum absolute atomic E-state index is 0.0689. The second-order valence-corrected chi connectivity index (χ2v) is 6.55. The molecule has 0 aliphatic carbocycles. The van der Waals surface area contributed by atoms with Crippen LogP contribution in [0.4, 0.5) is 5.69 Å². The first kappa shape index (κ1) is 19.3. The zero-order valence-electron chi connectivity index (χ0n) is 14.7. The van der Waals surface area contributed by atoms with Crippen molar-refractivity contribution in [3.8, 4) is 11.5 Å². The van der Waals surface area contributed by atoms with E-state index in [1.165, 1.54) is 0 Å². The van der Waals surface area contributed by atoms with Crippen LogP contribution in [-0.4, -0.2) is 38.1 Å². The van der Waals surface area contributed by atoms with Gasteiger partial charge in [-0.15, -0.1) is 0 Å². The summed E-state index contributed by atoms with van der Waals surface area (Å²) in [5.74, 6) is 1.53. The average molecular weight is 407 g/mol. The largest absolute Gasteiger partial charge is 0.496 e. The molecule has 5 nitrogen and oxygen atoms in total. The minimum Gasteiger partial charge on any atom is -0.496 e. The SMILES string of the molecule is CCOc1ccc(NC(=O)CN(C)Cc2cc(Br)ccc2OC)cc1. The van der Waals surface area contributed by atoms with E-state index in [0.717, 1.165) is 27.2 Å². The van der Waals surface area contributed by atoms with Crippen LogP contribution in [-0.2, 0) is 11.3 Å². The second kappa shape index (κ2) is 9.44. The lowest BCUT2D eigenvalue weighted by Gasteiger charge is -2.18. The fraction of sp³-hybridized carbons (Fsp3) is 0.316. The summed E-state index contributed by atoms with van der Waals surface area (Å²) in [5, 5.41) is 2.89. The van der Waals surface area contributed by atoms with E-state index in [1.807, 2.05) is 61.3 Å². The van der Waals surface area contributed by atoms with Gasteiger partial charge < -0.3 is 14.8 Å². The van der Waals surface area contributed by atoms with Gasteiger partial charge in [-0.2, -0.15) is 0 Å². The third kappa shape index (κ3) is 6.07. The number of rotatable bonds is 8. The normalized spacial score (nSPS) is 10.6. The first-order valence-corrected chi connectivity index (χ1v) is 8.84. The molecule has 0 atom stereocenters. The number of methoxy groups -OCH3 is 1. The summed E-state index contributed by atoms with van der Waals surface area (Å²) in [4.78, 5) is 14.2. The quantitative estimate of drug-likeness (QED) is 0.721. The van der Waals surface area contributed by atoms with Crippen LogP contribution in [0, 0.1) is 0 Å². The Morgan fingerprint density at radius 3 is 2.56 bits per heavy atom. The summed E-state index contributed by atoms with van der Waals surface area (Å²) < 4.78 is 11.7. The van der Waals surface area contributed by atoms with E-state index >= 15 is 0 Å². The van der Waals surface area contributed by atoms with Gasteiger partial charge in [0.15, 0.2) is 0 Å². The number of anilines is 1. The topological polar surface area (TPSA) is 50.8 Å². The summed E-state index contributed by atoms with van der Waals surface area (Å²) in [6, 6.07) is 13.2. The maximum atomic E-state index is 12.2. The first-order valence-electron chi connectivity index (χ1n) is 8.05. The van der Waals surface area contributed by atoms with E-state index in [9.17, 15) is 4.79 Å². The molecule has 0 fully saturated rings. The van der Waals surface area contributed by atoms with Crippen LogP contribution >= 0.6 is 15.9 Å². The highest BCUT2D eigenvalue weighted by Gasteiger charge is 2.11. The van der Waals surface area contributed by atoms with Crippen molar-refractivity contribution < 1.29 is 14.3 Å². The Hall–Kier alpha value is -2.05. The molecule has 1 N–H and O–H groups in total. The molecule has 25 heavy (non-hydrogen) atoms. The number of ether oxygens (including phenoxy) is 2. The maximum Gasteiger partial charge on any atom is 0.238 e. The van der Waals surface area contributed by atoms with Crippen molar-refractivity contribution >= 4 is 27.5 Å². The number of carbonyl (C=O) groups excluding carboxylic acids is 1. The summed E-state index contributed by atoms with van der Waals surface area (Å²) in [6.45, 7) is 3.45. The molecule has 0 saturated carbocycles. The molecule has 0 bridgehead atoms. The number of halogens is 1. The maximum absolute atomic E-state index is 12.2. The zero-order chi connectivity index (χ0) is 18.2. The lowest BCUT2D eigenvalue weighted by molar-refractivity contribution is -0.117. The van der Waals surface area contributed by atoms with Gasteiger partial charge in [-0.3, -0.25) is 9.69 Å². The van der Waals surface area contributed by atoms with Crippen LogP contribution in [0.5, 0.6) is 11.5 Å². The molecule has 6 heteroatoms. The van der Waals surface area contributed by atoms with Crippen molar-refractivity contribution in [1.82, 2.24) is 4.90 Å². The van der Waals surface area contributed by atoms with Crippen molar-refractivity contribution in [1.29, 1.82) is 0 Å². The Morgan fingerprint density at radius 1 is 1.20 bits per heavy atom. The van der Waals surface area contributed by atoms with Crippen LogP contribution < -0.4 is 14.8 Å². The standard InChI is InChI=1S/C19H23BrN2O3/c1-4-25-17-8-6-16(7-9-17)21-19(23)13-22(2)12-14-11-15(20)5-10-18(14)24-3/h5-11H,4,12-13H2,1-3H3,(H,21,23). The van der Waals surface area contributed by atoms with Crippen LogP contribution in [0.1, 0.15) is 12.5 Å². The predicted octanol–water partition coefficient (Wildman–Crippen LogP) is 3.93. The van der Waals surface area contributed by atoms with Crippen LogP contribution in [0.25, 0.3) is 0 Å². The number of carbonyl (C=O) groups is 1. The Labute approximate surface area is 157 Å². The number of nitrogens with zero attached hydrogens (tertiary/aromatic N) is 1. The van der Waals surface area contributed by atoms with Gasteiger partial charge in [0.2, 0.25) is 5.91 Å². The molecule has 134 valence electrons. The summed E-state index contributed by atoms with van der Waals surface area (Å²) in [6.07, 6.45) is 0. The van der Waals surface area contributed by atoms with E-state index < -0.39 is 0 Å². The van der Waals surface area contributed by atoms with Gasteiger partial charge >= 0.3 is 0 Å². The van der Waals surface area contributed by atoms with Crippen LogP contribution in [0.3, 0.4) is 0 Å². The lowest BCUT2D eigenvalue weighted by atomic mass is 10.2. The van der Waals surface area contributed by atoms with Crippen molar-refractivity contribution in [2.45, 2.75) is 13.5 Å². The smallest absolute Gasteiger partial charge is 0.238 e. The highest BCUT2D eigenvalue weighted by Crippen LogP contribution is 2.24. The Balaban J connectivity index is 1.90. The summed E-state index contributed by atoms with van der Waals surface area (Å²) in [5.41, 5.74) is 1.77. The summed E-state index contributed by atoms with van der Waals surface area (Å²) >= 11 is 3.46. The van der Waals surface area contributed by atoms with Gasteiger partial charge in [0, 0.05) is 22.3 Å². The molecule has 0 aliphatic rings. The van der Waals surface area contributed by atoms with E-state index in [4.69, 9.17) is 9.47 Å². The third-order valence-corrected chi connectivity index (χ3v) is 4.04. The first-order chi connectivity index (χ1) is 12.0.